The summed E-state index contributed by atoms with van der Waals surface area (Å²) in [6.45, 7) is 6.38. The largest absolute Gasteiger partial charge is 0.504 e. The fourth-order valence-electron chi connectivity index (χ4n) is 3.01. The highest BCUT2D eigenvalue weighted by Crippen LogP contribution is 2.27. The molecule has 0 saturated carbocycles. The number of imidazole rings is 1. The molecule has 6 heteroatoms. The van der Waals surface area contributed by atoms with E-state index in [1.807, 2.05) is 32.9 Å². The van der Waals surface area contributed by atoms with Crippen molar-refractivity contribution >= 4 is 33.4 Å². The van der Waals surface area contributed by atoms with Crippen LogP contribution in [0.5, 0.6) is 11.5 Å². The minimum absolute atomic E-state index is 0.0817. The standard InChI is InChI=1S/C20H18N2O3S/c1-4-25-16-9-13(6-8-15(16)23)10-17-19(24)22-14-7-5-11(2)12(3)18(14)21-20(22)26-17/h5-10,23H,4H2,1-3H3/b17-10-. The molecule has 5 nitrogen and oxygen atoms in total. The topological polar surface area (TPSA) is 63.8 Å². The Balaban J connectivity index is 1.92. The molecule has 0 atom stereocenters. The summed E-state index contributed by atoms with van der Waals surface area (Å²) in [6.07, 6.45) is 1.80. The Kier molecular flexibility index (Phi) is 3.92. The Morgan fingerprint density at radius 3 is 2.85 bits per heavy atom. The van der Waals surface area contributed by atoms with Crippen molar-refractivity contribution in [3.8, 4) is 11.5 Å². The molecule has 132 valence electrons. The summed E-state index contributed by atoms with van der Waals surface area (Å²) in [5.74, 6) is 0.496. The summed E-state index contributed by atoms with van der Waals surface area (Å²) in [7, 11) is 0. The molecule has 2 aromatic heterocycles. The van der Waals surface area contributed by atoms with Gasteiger partial charge in [0.15, 0.2) is 16.5 Å². The van der Waals surface area contributed by atoms with E-state index in [4.69, 9.17) is 4.74 Å². The molecule has 4 aromatic rings. The molecule has 0 radical (unpaired) electrons. The highest BCUT2D eigenvalue weighted by molar-refractivity contribution is 7.15. The third-order valence-corrected chi connectivity index (χ3v) is 5.49. The summed E-state index contributed by atoms with van der Waals surface area (Å²) in [5, 5.41) is 9.82. The summed E-state index contributed by atoms with van der Waals surface area (Å²) >= 11 is 1.36. The molecule has 0 bridgehead atoms. The zero-order valence-corrected chi connectivity index (χ0v) is 15.6. The Morgan fingerprint density at radius 1 is 1.27 bits per heavy atom. The normalized spacial score (nSPS) is 12.3. The molecule has 0 saturated heterocycles. The van der Waals surface area contributed by atoms with E-state index in [0.29, 0.717) is 21.8 Å². The van der Waals surface area contributed by atoms with E-state index in [9.17, 15) is 9.90 Å². The lowest BCUT2D eigenvalue weighted by atomic mass is 10.1. The lowest BCUT2D eigenvalue weighted by Gasteiger charge is -2.05. The average molecular weight is 366 g/mol. The average Bonchev–Trinajstić information content (AvgIpc) is 3.12. The van der Waals surface area contributed by atoms with Crippen molar-refractivity contribution in [2.45, 2.75) is 20.8 Å². The second-order valence-corrected chi connectivity index (χ2v) is 7.19. The molecule has 1 N–H and O–H groups in total. The molecule has 2 heterocycles. The lowest BCUT2D eigenvalue weighted by molar-refractivity contribution is 0.318. The van der Waals surface area contributed by atoms with Crippen LogP contribution >= 0.6 is 11.3 Å². The molecular weight excluding hydrogens is 348 g/mol. The smallest absolute Gasteiger partial charge is 0.274 e. The van der Waals surface area contributed by atoms with Crippen molar-refractivity contribution in [2.75, 3.05) is 6.61 Å². The summed E-state index contributed by atoms with van der Waals surface area (Å²) in [5.41, 5.74) is 4.69. The number of rotatable bonds is 3. The van der Waals surface area contributed by atoms with E-state index < -0.39 is 0 Å². The Hall–Kier alpha value is -2.86. The Morgan fingerprint density at radius 2 is 2.08 bits per heavy atom. The number of hydrogen-bond acceptors (Lipinski definition) is 5. The quantitative estimate of drug-likeness (QED) is 0.605. The van der Waals surface area contributed by atoms with Gasteiger partial charge < -0.3 is 9.84 Å². The number of thiazole rings is 1. The van der Waals surface area contributed by atoms with Gasteiger partial charge in [-0.1, -0.05) is 23.5 Å². The second-order valence-electron chi connectivity index (χ2n) is 6.18. The fraction of sp³-hybridized carbons (Fsp3) is 0.200. The van der Waals surface area contributed by atoms with Crippen molar-refractivity contribution in [1.82, 2.24) is 9.38 Å². The van der Waals surface area contributed by atoms with Gasteiger partial charge in [-0.05, 0) is 61.7 Å². The van der Waals surface area contributed by atoms with Crippen LogP contribution in [0.25, 0.3) is 22.1 Å². The maximum Gasteiger partial charge on any atom is 0.274 e. The van der Waals surface area contributed by atoms with Gasteiger partial charge in [-0.2, -0.15) is 0 Å². The first-order valence-electron chi connectivity index (χ1n) is 8.38. The van der Waals surface area contributed by atoms with Crippen LogP contribution in [-0.4, -0.2) is 21.1 Å². The molecule has 0 aliphatic heterocycles. The summed E-state index contributed by atoms with van der Waals surface area (Å²) in [6, 6.07) is 9.02. The molecule has 4 rings (SSSR count). The Labute approximate surface area is 153 Å². The van der Waals surface area contributed by atoms with Crippen LogP contribution < -0.4 is 14.8 Å². The number of ether oxygens (including phenoxy) is 1. The van der Waals surface area contributed by atoms with E-state index >= 15 is 0 Å². The molecule has 2 aromatic carbocycles. The number of phenolic OH excluding ortho intramolecular Hbond substituents is 1. The van der Waals surface area contributed by atoms with Gasteiger partial charge in [-0.25, -0.2) is 9.38 Å². The van der Waals surface area contributed by atoms with Crippen molar-refractivity contribution < 1.29 is 9.84 Å². The first kappa shape index (κ1) is 16.6. The van der Waals surface area contributed by atoms with Gasteiger partial charge in [0.05, 0.1) is 22.2 Å². The first-order valence-corrected chi connectivity index (χ1v) is 9.20. The van der Waals surface area contributed by atoms with Gasteiger partial charge >= 0.3 is 0 Å². The first-order chi connectivity index (χ1) is 12.5. The second kappa shape index (κ2) is 6.14. The number of nitrogens with zero attached hydrogens (tertiary/aromatic N) is 2. The van der Waals surface area contributed by atoms with Crippen molar-refractivity contribution in [2.24, 2.45) is 0 Å². The number of phenols is 1. The van der Waals surface area contributed by atoms with E-state index in [-0.39, 0.29) is 11.3 Å². The number of aromatic nitrogens is 2. The monoisotopic (exact) mass is 366 g/mol. The van der Waals surface area contributed by atoms with E-state index in [0.717, 1.165) is 27.7 Å². The number of benzene rings is 2. The Bertz CT molecular complexity index is 1250. The van der Waals surface area contributed by atoms with Gasteiger partial charge in [0, 0.05) is 0 Å². The molecule has 0 aliphatic carbocycles. The molecule has 0 aliphatic rings. The van der Waals surface area contributed by atoms with Crippen molar-refractivity contribution in [1.29, 1.82) is 0 Å². The molecule has 0 unspecified atom stereocenters. The molecule has 26 heavy (non-hydrogen) atoms. The van der Waals surface area contributed by atoms with E-state index in [2.05, 4.69) is 4.98 Å². The fourth-order valence-corrected chi connectivity index (χ4v) is 3.99. The minimum Gasteiger partial charge on any atom is -0.504 e. The van der Waals surface area contributed by atoms with Gasteiger partial charge in [0.1, 0.15) is 0 Å². The number of fused-ring (bicyclic) bond motifs is 3. The SMILES string of the molecule is CCOc1cc(/C=c2\sc3nc4c(C)c(C)ccc4n3c2=O)ccc1O. The van der Waals surface area contributed by atoms with Crippen LogP contribution in [0.4, 0.5) is 0 Å². The summed E-state index contributed by atoms with van der Waals surface area (Å²) < 4.78 is 7.68. The zero-order valence-electron chi connectivity index (χ0n) is 14.7. The van der Waals surface area contributed by atoms with Crippen LogP contribution in [-0.2, 0) is 0 Å². The van der Waals surface area contributed by atoms with Gasteiger partial charge in [-0.3, -0.25) is 4.79 Å². The van der Waals surface area contributed by atoms with Crippen LogP contribution in [0.3, 0.4) is 0 Å². The van der Waals surface area contributed by atoms with E-state index in [1.54, 1.807) is 28.7 Å². The van der Waals surface area contributed by atoms with Crippen LogP contribution in [0.1, 0.15) is 23.6 Å². The molecule has 0 spiro atoms. The lowest BCUT2D eigenvalue weighted by Crippen LogP contribution is -2.22. The third kappa shape index (κ3) is 2.54. The van der Waals surface area contributed by atoms with Gasteiger partial charge in [0.25, 0.3) is 5.56 Å². The maximum absolute atomic E-state index is 12.9. The van der Waals surface area contributed by atoms with Crippen molar-refractivity contribution in [3.05, 3.63) is 61.9 Å². The summed E-state index contributed by atoms with van der Waals surface area (Å²) in [4.78, 5) is 18.2. The third-order valence-electron chi connectivity index (χ3n) is 4.52. The number of aromatic hydroxyl groups is 1. The number of aryl methyl sites for hydroxylation is 2. The highest BCUT2D eigenvalue weighted by Gasteiger charge is 2.13. The predicted octanol–water partition coefficient (Wildman–Crippen LogP) is 3.18. The molecular formula is C20H18N2O3S. The van der Waals surface area contributed by atoms with Crippen LogP contribution in [0.15, 0.2) is 35.1 Å². The molecule has 0 amide bonds. The predicted molar refractivity (Wildman–Crippen MR) is 104 cm³/mol. The number of hydrogen-bond donors (Lipinski definition) is 1. The molecule has 0 fully saturated rings. The van der Waals surface area contributed by atoms with Crippen LogP contribution in [0, 0.1) is 13.8 Å². The minimum atomic E-state index is -0.0817. The highest BCUT2D eigenvalue weighted by atomic mass is 32.1. The van der Waals surface area contributed by atoms with E-state index in [1.165, 1.54) is 11.3 Å². The zero-order chi connectivity index (χ0) is 18.4. The van der Waals surface area contributed by atoms with Gasteiger partial charge in [-0.15, -0.1) is 0 Å². The maximum atomic E-state index is 12.9. The van der Waals surface area contributed by atoms with Crippen LogP contribution in [0.2, 0.25) is 0 Å². The van der Waals surface area contributed by atoms with Crippen molar-refractivity contribution in [3.63, 3.8) is 0 Å². The van der Waals surface area contributed by atoms with Gasteiger partial charge in [0.2, 0.25) is 0 Å².